The Bertz CT molecular complexity index is 463. The van der Waals surface area contributed by atoms with Gasteiger partial charge in [-0.05, 0) is 31.0 Å². The second-order valence-electron chi connectivity index (χ2n) is 3.88. The molecule has 0 aliphatic heterocycles. The van der Waals surface area contributed by atoms with E-state index in [2.05, 4.69) is 15.9 Å². The van der Waals surface area contributed by atoms with Crippen molar-refractivity contribution in [2.24, 2.45) is 0 Å². The number of fused-ring (bicyclic) bond motifs is 1. The predicted octanol–water partition coefficient (Wildman–Crippen LogP) is 2.28. The minimum atomic E-state index is -0.964. The Hall–Kier alpha value is -1.16. The van der Waals surface area contributed by atoms with Gasteiger partial charge in [0.05, 0.1) is 9.89 Å². The molecule has 0 aromatic heterocycles. The summed E-state index contributed by atoms with van der Waals surface area (Å²) in [4.78, 5) is 22.6. The van der Waals surface area contributed by atoms with Gasteiger partial charge in [0.25, 0.3) is 0 Å². The number of hydrogen-bond donors (Lipinski definition) is 1. The lowest BCUT2D eigenvalue weighted by Gasteiger charge is -2.10. The number of alkyl halides is 1. The molecule has 1 aromatic rings. The molecule has 0 amide bonds. The number of Topliss-reactive ketones (excluding diaryl/α,β-unsaturated/α-hetero) is 1. The van der Waals surface area contributed by atoms with Crippen LogP contribution in [0.4, 0.5) is 0 Å². The Kier molecular flexibility index (Phi) is 2.19. The molecular formula is C11H9BrO3. The first-order valence-corrected chi connectivity index (χ1v) is 5.31. The Morgan fingerprint density at radius 2 is 2.20 bits per heavy atom. The summed E-state index contributed by atoms with van der Waals surface area (Å²) in [6, 6.07) is 4.63. The van der Waals surface area contributed by atoms with Crippen molar-refractivity contribution < 1.29 is 14.7 Å². The van der Waals surface area contributed by atoms with Crippen molar-refractivity contribution in [3.63, 3.8) is 0 Å². The van der Waals surface area contributed by atoms with Crippen LogP contribution in [0.25, 0.3) is 0 Å². The number of benzene rings is 1. The second kappa shape index (κ2) is 3.17. The van der Waals surface area contributed by atoms with Crippen LogP contribution in [0.3, 0.4) is 0 Å². The largest absolute Gasteiger partial charge is 0.478 e. The predicted molar refractivity (Wildman–Crippen MR) is 58.8 cm³/mol. The number of aromatic carboxylic acids is 1. The quantitative estimate of drug-likeness (QED) is 0.796. The third-order valence-corrected chi connectivity index (χ3v) is 3.23. The maximum atomic E-state index is 11.8. The molecule has 1 unspecified atom stereocenters. The van der Waals surface area contributed by atoms with Crippen molar-refractivity contribution in [2.75, 3.05) is 0 Å². The highest BCUT2D eigenvalue weighted by molar-refractivity contribution is 9.10. The molecule has 0 heterocycles. The zero-order chi connectivity index (χ0) is 11.2. The maximum Gasteiger partial charge on any atom is 0.335 e. The monoisotopic (exact) mass is 268 g/mol. The van der Waals surface area contributed by atoms with E-state index in [4.69, 9.17) is 5.11 Å². The minimum Gasteiger partial charge on any atom is -0.478 e. The number of carbonyl (C=O) groups excluding carboxylic acids is 1. The van der Waals surface area contributed by atoms with Gasteiger partial charge in [0.2, 0.25) is 0 Å². The van der Waals surface area contributed by atoms with Crippen molar-refractivity contribution in [2.45, 2.75) is 17.7 Å². The van der Waals surface area contributed by atoms with Crippen LogP contribution in [0.5, 0.6) is 0 Å². The molecule has 4 heteroatoms. The van der Waals surface area contributed by atoms with E-state index < -0.39 is 10.3 Å². The molecule has 0 bridgehead atoms. The number of carboxylic acid groups (broad SMARTS) is 1. The molecule has 3 nitrogen and oxygen atoms in total. The number of ketones is 1. The maximum absolute atomic E-state index is 11.8. The van der Waals surface area contributed by atoms with Gasteiger partial charge in [0.15, 0.2) is 5.78 Å². The van der Waals surface area contributed by atoms with Crippen LogP contribution in [0.1, 0.15) is 33.2 Å². The fourth-order valence-electron chi connectivity index (χ4n) is 1.81. The van der Waals surface area contributed by atoms with Gasteiger partial charge < -0.3 is 5.11 Å². The summed E-state index contributed by atoms with van der Waals surface area (Å²) in [6.07, 6.45) is 0.544. The van der Waals surface area contributed by atoms with Crippen LogP contribution in [-0.4, -0.2) is 21.2 Å². The fraction of sp³-hybridized carbons (Fsp3) is 0.273. The fourth-order valence-corrected chi connectivity index (χ4v) is 2.33. The van der Waals surface area contributed by atoms with Gasteiger partial charge in [-0.1, -0.05) is 22.0 Å². The highest BCUT2D eigenvalue weighted by Crippen LogP contribution is 2.36. The summed E-state index contributed by atoms with van der Waals surface area (Å²) in [6.45, 7) is 1.80. The van der Waals surface area contributed by atoms with Gasteiger partial charge in [-0.25, -0.2) is 4.79 Å². The molecular weight excluding hydrogens is 260 g/mol. The number of rotatable bonds is 1. The zero-order valence-electron chi connectivity index (χ0n) is 8.08. The lowest BCUT2D eigenvalue weighted by atomic mass is 10.1. The minimum absolute atomic E-state index is 0.0226. The zero-order valence-corrected chi connectivity index (χ0v) is 9.67. The molecule has 15 heavy (non-hydrogen) atoms. The van der Waals surface area contributed by atoms with Crippen molar-refractivity contribution in [3.05, 3.63) is 34.9 Å². The molecule has 0 radical (unpaired) electrons. The third-order valence-electron chi connectivity index (χ3n) is 2.59. The lowest BCUT2D eigenvalue weighted by Crippen LogP contribution is -2.23. The van der Waals surface area contributed by atoms with E-state index in [1.165, 1.54) is 6.07 Å². The number of carbonyl (C=O) groups is 2. The SMILES string of the molecule is CC1(Br)Cc2cc(C(=O)O)ccc2C1=O. The summed E-state index contributed by atoms with van der Waals surface area (Å²) in [5.41, 5.74) is 1.66. The Morgan fingerprint density at radius 3 is 2.80 bits per heavy atom. The molecule has 78 valence electrons. The van der Waals surface area contributed by atoms with Crippen molar-refractivity contribution in [1.29, 1.82) is 0 Å². The van der Waals surface area contributed by atoms with E-state index in [9.17, 15) is 9.59 Å². The highest BCUT2D eigenvalue weighted by Gasteiger charge is 2.39. The Labute approximate surface area is 95.2 Å². The van der Waals surface area contributed by atoms with E-state index in [0.29, 0.717) is 12.0 Å². The summed E-state index contributed by atoms with van der Waals surface area (Å²) in [5.74, 6) is -0.942. The topological polar surface area (TPSA) is 54.4 Å². The average molecular weight is 269 g/mol. The number of halogens is 1. The highest BCUT2D eigenvalue weighted by atomic mass is 79.9. The standard InChI is InChI=1S/C11H9BrO3/c1-11(12)5-7-4-6(10(14)15)2-3-8(7)9(11)13/h2-4H,5H2,1H3,(H,14,15). The van der Waals surface area contributed by atoms with E-state index in [0.717, 1.165) is 5.56 Å². The Balaban J connectivity index is 2.52. The normalized spacial score (nSPS) is 24.0. The smallest absolute Gasteiger partial charge is 0.335 e. The summed E-state index contributed by atoms with van der Waals surface area (Å²) >= 11 is 3.35. The van der Waals surface area contributed by atoms with E-state index in [-0.39, 0.29) is 11.3 Å². The van der Waals surface area contributed by atoms with Gasteiger partial charge in [-0.15, -0.1) is 0 Å². The van der Waals surface area contributed by atoms with Crippen molar-refractivity contribution >= 4 is 27.7 Å². The summed E-state index contributed by atoms with van der Waals surface area (Å²) in [7, 11) is 0. The van der Waals surface area contributed by atoms with Gasteiger partial charge >= 0.3 is 5.97 Å². The van der Waals surface area contributed by atoms with E-state index >= 15 is 0 Å². The molecule has 0 spiro atoms. The summed E-state index contributed by atoms with van der Waals surface area (Å²) < 4.78 is -0.577. The molecule has 2 rings (SSSR count). The molecule has 0 fully saturated rings. The molecule has 1 aliphatic rings. The van der Waals surface area contributed by atoms with Crippen molar-refractivity contribution in [1.82, 2.24) is 0 Å². The van der Waals surface area contributed by atoms with E-state index in [1.54, 1.807) is 19.1 Å². The van der Waals surface area contributed by atoms with E-state index in [1.807, 2.05) is 0 Å². The van der Waals surface area contributed by atoms with Gasteiger partial charge in [-0.3, -0.25) is 4.79 Å². The van der Waals surface area contributed by atoms with Crippen LogP contribution in [0.15, 0.2) is 18.2 Å². The van der Waals surface area contributed by atoms with Gasteiger partial charge in [0.1, 0.15) is 0 Å². The molecule has 1 N–H and O–H groups in total. The lowest BCUT2D eigenvalue weighted by molar-refractivity contribution is 0.0696. The van der Waals surface area contributed by atoms with Crippen LogP contribution in [-0.2, 0) is 6.42 Å². The first-order valence-electron chi connectivity index (χ1n) is 4.52. The van der Waals surface area contributed by atoms with Crippen LogP contribution in [0, 0.1) is 0 Å². The molecule has 1 aromatic carbocycles. The molecule has 0 saturated heterocycles. The van der Waals surface area contributed by atoms with Gasteiger partial charge in [0, 0.05) is 5.56 Å². The Morgan fingerprint density at radius 1 is 1.53 bits per heavy atom. The van der Waals surface area contributed by atoms with Crippen LogP contribution >= 0.6 is 15.9 Å². The van der Waals surface area contributed by atoms with Gasteiger partial charge in [-0.2, -0.15) is 0 Å². The number of carboxylic acids is 1. The molecule has 1 aliphatic carbocycles. The van der Waals surface area contributed by atoms with Crippen molar-refractivity contribution in [3.8, 4) is 0 Å². The second-order valence-corrected chi connectivity index (χ2v) is 5.63. The van der Waals surface area contributed by atoms with Crippen LogP contribution in [0.2, 0.25) is 0 Å². The average Bonchev–Trinajstić information content (AvgIpc) is 2.37. The molecule has 1 atom stereocenters. The first-order chi connectivity index (χ1) is 6.92. The third kappa shape index (κ3) is 1.59. The number of hydrogen-bond acceptors (Lipinski definition) is 2. The van der Waals surface area contributed by atoms with Crippen LogP contribution < -0.4 is 0 Å². The summed E-state index contributed by atoms with van der Waals surface area (Å²) in [5, 5.41) is 8.82. The first kappa shape index (κ1) is 10.4. The molecule has 0 saturated carbocycles.